The molecule has 4 atom stereocenters. The Balaban J connectivity index is 2.44. The summed E-state index contributed by atoms with van der Waals surface area (Å²) in [6.45, 7) is -0.396. The number of hydrogen-bond donors (Lipinski definition) is 3. The number of nitrogens with one attached hydrogen (secondary N) is 1. The van der Waals surface area contributed by atoms with Gasteiger partial charge in [-0.15, -0.1) is 0 Å². The predicted octanol–water partition coefficient (Wildman–Crippen LogP) is -1.59. The third-order valence-corrected chi connectivity index (χ3v) is 3.73. The maximum Gasteiger partial charge on any atom is 0.330 e. The van der Waals surface area contributed by atoms with Crippen LogP contribution in [-0.4, -0.2) is 51.8 Å². The summed E-state index contributed by atoms with van der Waals surface area (Å²) in [5.41, 5.74) is -1.16. The third-order valence-electron chi connectivity index (χ3n) is 2.96. The van der Waals surface area contributed by atoms with Crippen LogP contribution in [0.5, 0.6) is 0 Å². The number of aromatic amines is 1. The van der Waals surface area contributed by atoms with Crippen molar-refractivity contribution in [3.05, 3.63) is 30.6 Å². The monoisotopic (exact) mass is 384 g/mol. The second kappa shape index (κ2) is 5.71. The Bertz CT molecular complexity index is 570. The van der Waals surface area contributed by atoms with Gasteiger partial charge in [0.25, 0.3) is 5.56 Å². The van der Waals surface area contributed by atoms with Gasteiger partial charge in [0, 0.05) is 13.3 Å². The molecule has 0 aromatic carbocycles. The highest BCUT2D eigenvalue weighted by molar-refractivity contribution is 14.1. The lowest BCUT2D eigenvalue weighted by Gasteiger charge is -2.20. The first-order valence-electron chi connectivity index (χ1n) is 5.47. The number of aliphatic hydroxyl groups is 2. The van der Waals surface area contributed by atoms with E-state index in [0.29, 0.717) is 3.57 Å². The Hall–Kier alpha value is -0.750. The molecule has 8 nitrogen and oxygen atoms in total. The minimum atomic E-state index is -1.06. The molecule has 19 heavy (non-hydrogen) atoms. The van der Waals surface area contributed by atoms with Crippen LogP contribution < -0.4 is 11.2 Å². The van der Waals surface area contributed by atoms with Gasteiger partial charge in [0.15, 0.2) is 6.23 Å². The molecule has 4 unspecified atom stereocenters. The average Bonchev–Trinajstić information content (AvgIpc) is 2.70. The maximum atomic E-state index is 11.8. The summed E-state index contributed by atoms with van der Waals surface area (Å²) in [5, 5.41) is 19.0. The summed E-state index contributed by atoms with van der Waals surface area (Å²) in [7, 11) is 1.37. The number of aliphatic hydroxyl groups excluding tert-OH is 2. The molecule has 0 saturated carbocycles. The van der Waals surface area contributed by atoms with Crippen LogP contribution in [-0.2, 0) is 9.47 Å². The van der Waals surface area contributed by atoms with Crippen LogP contribution in [0.1, 0.15) is 6.23 Å². The van der Waals surface area contributed by atoms with Gasteiger partial charge in [-0.1, -0.05) is 0 Å². The molecular formula is C10H13IN2O6. The predicted molar refractivity (Wildman–Crippen MR) is 71.8 cm³/mol. The lowest BCUT2D eigenvalue weighted by Crippen LogP contribution is -2.39. The van der Waals surface area contributed by atoms with Gasteiger partial charge in [-0.2, -0.15) is 0 Å². The van der Waals surface area contributed by atoms with E-state index >= 15 is 0 Å². The van der Waals surface area contributed by atoms with Gasteiger partial charge in [0.2, 0.25) is 0 Å². The zero-order valence-corrected chi connectivity index (χ0v) is 12.1. The molecule has 0 spiro atoms. The molecule has 9 heteroatoms. The van der Waals surface area contributed by atoms with Crippen molar-refractivity contribution in [3.63, 3.8) is 0 Å². The number of aromatic nitrogens is 2. The van der Waals surface area contributed by atoms with Crippen LogP contribution in [0.4, 0.5) is 0 Å². The van der Waals surface area contributed by atoms with Crippen molar-refractivity contribution in [1.29, 1.82) is 0 Å². The van der Waals surface area contributed by atoms with Crippen molar-refractivity contribution in [1.82, 2.24) is 9.55 Å². The Morgan fingerprint density at radius 2 is 2.26 bits per heavy atom. The lowest BCUT2D eigenvalue weighted by molar-refractivity contribution is -0.0626. The fraction of sp³-hybridized carbons (Fsp3) is 0.600. The minimum absolute atomic E-state index is 0.303. The highest BCUT2D eigenvalue weighted by atomic mass is 127. The average molecular weight is 384 g/mol. The second-order valence-electron chi connectivity index (χ2n) is 4.08. The number of H-pyrrole nitrogens is 1. The fourth-order valence-corrected chi connectivity index (χ4v) is 2.43. The summed E-state index contributed by atoms with van der Waals surface area (Å²) in [5.74, 6) is 0. The van der Waals surface area contributed by atoms with Crippen LogP contribution in [0.25, 0.3) is 0 Å². The summed E-state index contributed by atoms with van der Waals surface area (Å²) in [4.78, 5) is 25.2. The molecule has 3 N–H and O–H groups in total. The van der Waals surface area contributed by atoms with Gasteiger partial charge in [0.1, 0.15) is 18.3 Å². The Morgan fingerprint density at radius 1 is 1.58 bits per heavy atom. The first-order chi connectivity index (χ1) is 8.99. The molecule has 0 bridgehead atoms. The van der Waals surface area contributed by atoms with E-state index in [4.69, 9.17) is 14.6 Å². The van der Waals surface area contributed by atoms with Crippen LogP contribution in [0, 0.1) is 3.57 Å². The molecule has 1 aliphatic heterocycles. The SMILES string of the molecule is COC1C(O)C(CO)OC1n1cc(I)c(=O)[nH]c1=O. The number of hydrogen-bond acceptors (Lipinski definition) is 6. The molecule has 1 aromatic heterocycles. The van der Waals surface area contributed by atoms with Gasteiger partial charge in [-0.3, -0.25) is 14.3 Å². The van der Waals surface area contributed by atoms with E-state index in [0.717, 1.165) is 4.57 Å². The molecule has 1 aromatic rings. The number of rotatable bonds is 3. The summed E-state index contributed by atoms with van der Waals surface area (Å²) >= 11 is 1.78. The van der Waals surface area contributed by atoms with Gasteiger partial charge >= 0.3 is 5.69 Å². The quantitative estimate of drug-likeness (QED) is 0.542. The van der Waals surface area contributed by atoms with Crippen molar-refractivity contribution in [3.8, 4) is 0 Å². The molecule has 0 aliphatic carbocycles. The lowest BCUT2D eigenvalue weighted by atomic mass is 10.1. The second-order valence-corrected chi connectivity index (χ2v) is 5.24. The minimum Gasteiger partial charge on any atom is -0.394 e. The van der Waals surface area contributed by atoms with Gasteiger partial charge in [0.05, 0.1) is 10.2 Å². The Morgan fingerprint density at radius 3 is 2.84 bits per heavy atom. The van der Waals surface area contributed by atoms with Gasteiger partial charge < -0.3 is 19.7 Å². The Labute approximate surface area is 121 Å². The van der Waals surface area contributed by atoms with Gasteiger partial charge in [-0.25, -0.2) is 4.79 Å². The van der Waals surface area contributed by atoms with E-state index in [9.17, 15) is 14.7 Å². The molecule has 1 fully saturated rings. The largest absolute Gasteiger partial charge is 0.394 e. The molecular weight excluding hydrogens is 371 g/mol. The van der Waals surface area contributed by atoms with Crippen molar-refractivity contribution in [2.75, 3.05) is 13.7 Å². The van der Waals surface area contributed by atoms with Crippen LogP contribution in [0.3, 0.4) is 0 Å². The number of ether oxygens (including phenoxy) is 2. The topological polar surface area (TPSA) is 114 Å². The van der Waals surface area contributed by atoms with E-state index in [1.54, 1.807) is 22.6 Å². The number of nitrogens with zero attached hydrogens (tertiary/aromatic N) is 1. The fourth-order valence-electron chi connectivity index (χ4n) is 2.00. The van der Waals surface area contributed by atoms with Crippen molar-refractivity contribution < 1.29 is 19.7 Å². The van der Waals surface area contributed by atoms with Crippen LogP contribution in [0.15, 0.2) is 15.8 Å². The number of methoxy groups -OCH3 is 1. The molecule has 0 amide bonds. The molecule has 106 valence electrons. The van der Waals surface area contributed by atoms with E-state index in [2.05, 4.69) is 4.98 Å². The zero-order valence-electron chi connectivity index (χ0n) is 9.95. The first kappa shape index (κ1) is 14.7. The van der Waals surface area contributed by atoms with E-state index < -0.39 is 42.4 Å². The Kier molecular flexibility index (Phi) is 4.40. The van der Waals surface area contributed by atoms with E-state index in [1.165, 1.54) is 13.3 Å². The van der Waals surface area contributed by atoms with Gasteiger partial charge in [-0.05, 0) is 22.6 Å². The molecule has 1 saturated heterocycles. The zero-order chi connectivity index (χ0) is 14.2. The smallest absolute Gasteiger partial charge is 0.330 e. The van der Waals surface area contributed by atoms with Crippen LogP contribution in [0.2, 0.25) is 0 Å². The molecule has 0 radical (unpaired) electrons. The summed E-state index contributed by atoms with van der Waals surface area (Å²) in [6, 6.07) is 0. The highest BCUT2D eigenvalue weighted by Crippen LogP contribution is 2.30. The number of halogens is 1. The van der Waals surface area contributed by atoms with Crippen LogP contribution >= 0.6 is 22.6 Å². The van der Waals surface area contributed by atoms with E-state index in [-0.39, 0.29) is 0 Å². The molecule has 2 heterocycles. The van der Waals surface area contributed by atoms with Crippen molar-refractivity contribution in [2.45, 2.75) is 24.5 Å². The van der Waals surface area contributed by atoms with Crippen molar-refractivity contribution >= 4 is 22.6 Å². The molecule has 2 rings (SSSR count). The highest BCUT2D eigenvalue weighted by Gasteiger charge is 2.45. The van der Waals surface area contributed by atoms with Crippen molar-refractivity contribution in [2.24, 2.45) is 0 Å². The summed E-state index contributed by atoms with van der Waals surface area (Å²) in [6.07, 6.45) is -2.29. The maximum absolute atomic E-state index is 11.8. The normalized spacial score (nSPS) is 30.7. The van der Waals surface area contributed by atoms with E-state index in [1.807, 2.05) is 0 Å². The standard InChI is InChI=1S/C10H13IN2O6/c1-18-7-6(15)5(3-14)19-9(7)13-2-4(11)8(16)12-10(13)17/h2,5-7,9,14-15H,3H2,1H3,(H,12,16,17). The first-order valence-corrected chi connectivity index (χ1v) is 6.55. The third kappa shape index (κ3) is 2.60. The molecule has 1 aliphatic rings. The summed E-state index contributed by atoms with van der Waals surface area (Å²) < 4.78 is 11.9.